The van der Waals surface area contributed by atoms with Gasteiger partial charge in [-0.05, 0) is 25.1 Å². The summed E-state index contributed by atoms with van der Waals surface area (Å²) in [5.41, 5.74) is 0.0930. The molecule has 0 aliphatic heterocycles. The molecule has 1 rings (SSSR count). The highest BCUT2D eigenvalue weighted by molar-refractivity contribution is 7.90. The van der Waals surface area contributed by atoms with Gasteiger partial charge >= 0.3 is 5.97 Å². The molecule has 0 saturated heterocycles. The molecule has 0 bridgehead atoms. The first-order chi connectivity index (χ1) is 7.23. The molecule has 1 aromatic rings. The number of aromatic hydroxyl groups is 1. The minimum Gasteiger partial charge on any atom is -0.508 e. The molecule has 1 atom stereocenters. The van der Waals surface area contributed by atoms with Crippen LogP contribution in [0.1, 0.15) is 18.4 Å². The van der Waals surface area contributed by atoms with Gasteiger partial charge in [0.1, 0.15) is 5.75 Å². The Morgan fingerprint density at radius 1 is 1.38 bits per heavy atom. The van der Waals surface area contributed by atoms with E-state index >= 15 is 0 Å². The van der Waals surface area contributed by atoms with Gasteiger partial charge in [-0.15, -0.1) is 0 Å². The van der Waals surface area contributed by atoms with E-state index in [1.807, 2.05) is 0 Å². The molecule has 16 heavy (non-hydrogen) atoms. The minimum absolute atomic E-state index is 0.00611. The number of carbonyl (C=O) groups is 1. The average molecular weight is 244 g/mol. The van der Waals surface area contributed by atoms with Gasteiger partial charge in [0.2, 0.25) is 0 Å². The van der Waals surface area contributed by atoms with E-state index in [1.165, 1.54) is 25.1 Å². The quantitative estimate of drug-likeness (QED) is 0.827. The molecule has 0 amide bonds. The number of phenolic OH excluding ortho intramolecular Hbond substituents is 1. The van der Waals surface area contributed by atoms with Gasteiger partial charge in [-0.1, -0.05) is 0 Å². The van der Waals surface area contributed by atoms with E-state index in [-0.39, 0.29) is 16.2 Å². The maximum absolute atomic E-state index is 11.3. The van der Waals surface area contributed by atoms with E-state index in [2.05, 4.69) is 0 Å². The Morgan fingerprint density at radius 3 is 2.38 bits per heavy atom. The lowest BCUT2D eigenvalue weighted by atomic mass is 10.0. The van der Waals surface area contributed by atoms with Crippen molar-refractivity contribution in [2.75, 3.05) is 6.26 Å². The highest BCUT2D eigenvalue weighted by Crippen LogP contribution is 2.28. The molecule has 0 aliphatic rings. The number of hydrogen-bond donors (Lipinski definition) is 2. The Hall–Kier alpha value is -1.56. The third-order valence-corrected chi connectivity index (χ3v) is 3.37. The molecule has 0 aromatic heterocycles. The summed E-state index contributed by atoms with van der Waals surface area (Å²) in [5.74, 6) is -2.30. The third kappa shape index (κ3) is 2.52. The van der Waals surface area contributed by atoms with Crippen LogP contribution >= 0.6 is 0 Å². The minimum atomic E-state index is -3.41. The standard InChI is InChI=1S/C10H12O5S/c1-6(10(12)13)8-5-7(16(2,14)15)3-4-9(8)11/h3-6,11H,1-2H3,(H,12,13). The molecular formula is C10H12O5S. The monoisotopic (exact) mass is 244 g/mol. The largest absolute Gasteiger partial charge is 0.508 e. The topological polar surface area (TPSA) is 91.7 Å². The van der Waals surface area contributed by atoms with Gasteiger partial charge < -0.3 is 10.2 Å². The lowest BCUT2D eigenvalue weighted by molar-refractivity contribution is -0.138. The Morgan fingerprint density at radius 2 is 1.94 bits per heavy atom. The highest BCUT2D eigenvalue weighted by atomic mass is 32.2. The molecule has 0 heterocycles. The van der Waals surface area contributed by atoms with Crippen molar-refractivity contribution in [3.05, 3.63) is 23.8 Å². The summed E-state index contributed by atoms with van der Waals surface area (Å²) < 4.78 is 22.5. The highest BCUT2D eigenvalue weighted by Gasteiger charge is 2.19. The Balaban J connectivity index is 3.35. The molecule has 0 radical (unpaired) electrons. The van der Waals surface area contributed by atoms with E-state index in [0.717, 1.165) is 6.26 Å². The number of carboxylic acids is 1. The van der Waals surface area contributed by atoms with E-state index in [9.17, 15) is 18.3 Å². The normalized spacial score (nSPS) is 13.4. The molecule has 1 unspecified atom stereocenters. The number of aliphatic carboxylic acids is 1. The summed E-state index contributed by atoms with van der Waals surface area (Å²) in [5, 5.41) is 18.3. The summed E-state index contributed by atoms with van der Waals surface area (Å²) in [6.07, 6.45) is 1.02. The second kappa shape index (κ2) is 4.13. The second-order valence-corrected chi connectivity index (χ2v) is 5.57. The molecule has 0 saturated carbocycles. The molecule has 88 valence electrons. The number of sulfone groups is 1. The fourth-order valence-electron chi connectivity index (χ4n) is 1.24. The number of phenols is 1. The maximum atomic E-state index is 11.3. The number of benzene rings is 1. The van der Waals surface area contributed by atoms with Crippen LogP contribution in [-0.4, -0.2) is 30.9 Å². The number of hydrogen-bond acceptors (Lipinski definition) is 4. The van der Waals surface area contributed by atoms with Gasteiger partial charge in [-0.2, -0.15) is 0 Å². The van der Waals surface area contributed by atoms with Crippen molar-refractivity contribution in [3.8, 4) is 5.75 Å². The summed E-state index contributed by atoms with van der Waals surface area (Å²) in [4.78, 5) is 10.7. The maximum Gasteiger partial charge on any atom is 0.310 e. The lowest BCUT2D eigenvalue weighted by Gasteiger charge is -2.10. The van der Waals surface area contributed by atoms with E-state index in [4.69, 9.17) is 5.11 Å². The van der Waals surface area contributed by atoms with Crippen LogP contribution in [0.5, 0.6) is 5.75 Å². The Labute approximate surface area is 93.3 Å². The van der Waals surface area contributed by atoms with Gasteiger partial charge in [0.05, 0.1) is 10.8 Å². The number of rotatable bonds is 3. The molecule has 1 aromatic carbocycles. The fraction of sp³-hybridized carbons (Fsp3) is 0.300. The Bertz CT molecular complexity index is 518. The van der Waals surface area contributed by atoms with Crippen molar-refractivity contribution in [1.29, 1.82) is 0 Å². The zero-order valence-corrected chi connectivity index (χ0v) is 9.65. The predicted octanol–water partition coefficient (Wildman–Crippen LogP) is 0.984. The van der Waals surface area contributed by atoms with Crippen LogP contribution in [0.2, 0.25) is 0 Å². The average Bonchev–Trinajstić information content (AvgIpc) is 2.15. The van der Waals surface area contributed by atoms with E-state index < -0.39 is 21.7 Å². The third-order valence-electron chi connectivity index (χ3n) is 2.26. The van der Waals surface area contributed by atoms with Crippen molar-refractivity contribution in [2.45, 2.75) is 17.7 Å². The van der Waals surface area contributed by atoms with Crippen molar-refractivity contribution in [2.24, 2.45) is 0 Å². The van der Waals surface area contributed by atoms with Gasteiger partial charge in [0.25, 0.3) is 0 Å². The smallest absolute Gasteiger partial charge is 0.310 e. The molecule has 0 aliphatic carbocycles. The molecule has 0 fully saturated rings. The van der Waals surface area contributed by atoms with Crippen molar-refractivity contribution in [3.63, 3.8) is 0 Å². The molecule has 6 heteroatoms. The first kappa shape index (κ1) is 12.5. The van der Waals surface area contributed by atoms with E-state index in [1.54, 1.807) is 0 Å². The van der Waals surface area contributed by atoms with Crippen LogP contribution < -0.4 is 0 Å². The molecule has 2 N–H and O–H groups in total. The fourth-order valence-corrected chi connectivity index (χ4v) is 1.90. The molecular weight excluding hydrogens is 232 g/mol. The number of carboxylic acid groups (broad SMARTS) is 1. The van der Waals surface area contributed by atoms with Crippen LogP contribution in [0.4, 0.5) is 0 Å². The van der Waals surface area contributed by atoms with Crippen LogP contribution in [0.15, 0.2) is 23.1 Å². The van der Waals surface area contributed by atoms with Crippen LogP contribution in [0.3, 0.4) is 0 Å². The zero-order chi connectivity index (χ0) is 12.5. The predicted molar refractivity (Wildman–Crippen MR) is 57.3 cm³/mol. The van der Waals surface area contributed by atoms with Crippen LogP contribution in [-0.2, 0) is 14.6 Å². The van der Waals surface area contributed by atoms with Crippen LogP contribution in [0, 0.1) is 0 Å². The zero-order valence-electron chi connectivity index (χ0n) is 8.84. The molecule has 0 spiro atoms. The van der Waals surface area contributed by atoms with Gasteiger partial charge in [0, 0.05) is 11.8 Å². The summed E-state index contributed by atoms with van der Waals surface area (Å²) in [6, 6.07) is 3.61. The second-order valence-electron chi connectivity index (χ2n) is 3.55. The lowest BCUT2D eigenvalue weighted by Crippen LogP contribution is -2.09. The van der Waals surface area contributed by atoms with E-state index in [0.29, 0.717) is 0 Å². The summed E-state index contributed by atoms with van der Waals surface area (Å²) in [7, 11) is -3.41. The SMILES string of the molecule is CC(C(=O)O)c1cc(S(C)(=O)=O)ccc1O. The van der Waals surface area contributed by atoms with Gasteiger partial charge in [0.15, 0.2) is 9.84 Å². The first-order valence-electron chi connectivity index (χ1n) is 4.49. The van der Waals surface area contributed by atoms with Crippen molar-refractivity contribution < 1.29 is 23.4 Å². The first-order valence-corrected chi connectivity index (χ1v) is 6.38. The Kier molecular flexibility index (Phi) is 3.23. The van der Waals surface area contributed by atoms with Crippen LogP contribution in [0.25, 0.3) is 0 Å². The summed E-state index contributed by atoms with van der Waals surface area (Å²) >= 11 is 0. The van der Waals surface area contributed by atoms with Gasteiger partial charge in [-0.25, -0.2) is 8.42 Å². The van der Waals surface area contributed by atoms with Crippen molar-refractivity contribution in [1.82, 2.24) is 0 Å². The van der Waals surface area contributed by atoms with Crippen molar-refractivity contribution >= 4 is 15.8 Å². The molecule has 5 nitrogen and oxygen atoms in total. The van der Waals surface area contributed by atoms with Gasteiger partial charge in [-0.3, -0.25) is 4.79 Å². The summed E-state index contributed by atoms with van der Waals surface area (Å²) in [6.45, 7) is 1.38.